The molecule has 152 valence electrons. The van der Waals surface area contributed by atoms with E-state index in [0.717, 1.165) is 30.3 Å². The number of allylic oxidation sites excluding steroid dienone is 4. The third-order valence-electron chi connectivity index (χ3n) is 4.87. The van der Waals surface area contributed by atoms with Crippen molar-refractivity contribution < 1.29 is 9.59 Å². The molecule has 2 aromatic carbocycles. The highest BCUT2D eigenvalue weighted by Crippen LogP contribution is 2.17. The van der Waals surface area contributed by atoms with Gasteiger partial charge in [-0.1, -0.05) is 66.8 Å². The first-order valence-corrected chi connectivity index (χ1v) is 9.90. The normalized spacial score (nSPS) is 14.5. The predicted octanol–water partition coefficient (Wildman–Crippen LogP) is 3.71. The number of aldehydes is 1. The van der Waals surface area contributed by atoms with Gasteiger partial charge in [-0.3, -0.25) is 4.79 Å². The number of amides is 1. The quantitative estimate of drug-likeness (QED) is 0.466. The van der Waals surface area contributed by atoms with Crippen molar-refractivity contribution in [3.8, 4) is 0 Å². The monoisotopic (exact) mass is 399 g/mol. The number of carbonyl (C=O) groups is 2. The minimum absolute atomic E-state index is 0.142. The van der Waals surface area contributed by atoms with Crippen molar-refractivity contribution in [3.63, 3.8) is 0 Å². The molecule has 3 rings (SSSR count). The average Bonchev–Trinajstić information content (AvgIpc) is 2.79. The van der Waals surface area contributed by atoms with Crippen LogP contribution in [0.1, 0.15) is 34.3 Å². The van der Waals surface area contributed by atoms with Gasteiger partial charge in [-0.05, 0) is 42.5 Å². The van der Waals surface area contributed by atoms with E-state index in [-0.39, 0.29) is 5.71 Å². The second kappa shape index (κ2) is 10.2. The van der Waals surface area contributed by atoms with Crippen molar-refractivity contribution in [2.45, 2.75) is 25.3 Å². The molecule has 1 aliphatic carbocycles. The number of hydrogen-bond donors (Lipinski definition) is 3. The van der Waals surface area contributed by atoms with Crippen LogP contribution in [0.15, 0.2) is 90.2 Å². The summed E-state index contributed by atoms with van der Waals surface area (Å²) in [5.41, 5.74) is 9.42. The molecule has 0 heterocycles. The van der Waals surface area contributed by atoms with Crippen molar-refractivity contribution in [1.29, 1.82) is 5.41 Å². The van der Waals surface area contributed by atoms with Gasteiger partial charge in [-0.25, -0.2) is 0 Å². The topological polar surface area (TPSA) is 96.0 Å². The summed E-state index contributed by atoms with van der Waals surface area (Å²) in [7, 11) is 0. The molecule has 5 heteroatoms. The van der Waals surface area contributed by atoms with Gasteiger partial charge in [0.2, 0.25) is 0 Å². The lowest BCUT2D eigenvalue weighted by molar-refractivity contribution is -0.109. The zero-order chi connectivity index (χ0) is 21.3. The second-order valence-electron chi connectivity index (χ2n) is 7.10. The first-order chi connectivity index (χ1) is 14.6. The lowest BCUT2D eigenvalue weighted by Gasteiger charge is -2.15. The van der Waals surface area contributed by atoms with E-state index in [0.29, 0.717) is 23.2 Å². The molecule has 0 aliphatic heterocycles. The van der Waals surface area contributed by atoms with E-state index in [4.69, 9.17) is 11.1 Å². The fourth-order valence-corrected chi connectivity index (χ4v) is 3.31. The van der Waals surface area contributed by atoms with Crippen LogP contribution in [0.4, 0.5) is 0 Å². The number of benzene rings is 2. The van der Waals surface area contributed by atoms with Crippen molar-refractivity contribution in [1.82, 2.24) is 5.32 Å². The fraction of sp³-hybridized carbons (Fsp3) is 0.160. The third kappa shape index (κ3) is 5.41. The summed E-state index contributed by atoms with van der Waals surface area (Å²) in [4.78, 5) is 24.4. The van der Waals surface area contributed by atoms with Gasteiger partial charge in [-0.15, -0.1) is 0 Å². The Balaban J connectivity index is 1.77. The highest BCUT2D eigenvalue weighted by Gasteiger charge is 2.18. The third-order valence-corrected chi connectivity index (χ3v) is 4.87. The summed E-state index contributed by atoms with van der Waals surface area (Å²) in [6.07, 6.45) is 10.6. The molecule has 0 saturated heterocycles. The van der Waals surface area contributed by atoms with Crippen LogP contribution in [0.2, 0.25) is 0 Å². The highest BCUT2D eigenvalue weighted by molar-refractivity contribution is 6.14. The van der Waals surface area contributed by atoms with Crippen molar-refractivity contribution in [3.05, 3.63) is 107 Å². The van der Waals surface area contributed by atoms with E-state index < -0.39 is 11.9 Å². The molecule has 4 N–H and O–H groups in total. The van der Waals surface area contributed by atoms with E-state index in [1.54, 1.807) is 30.3 Å². The largest absolute Gasteiger partial charge is 0.398 e. The molecule has 0 spiro atoms. The average molecular weight is 399 g/mol. The Morgan fingerprint density at radius 2 is 1.77 bits per heavy atom. The highest BCUT2D eigenvalue weighted by atomic mass is 16.2. The van der Waals surface area contributed by atoms with Crippen LogP contribution in [0.3, 0.4) is 0 Å². The molecule has 30 heavy (non-hydrogen) atoms. The molecule has 1 amide bonds. The van der Waals surface area contributed by atoms with Gasteiger partial charge in [0.1, 0.15) is 6.29 Å². The van der Waals surface area contributed by atoms with Crippen LogP contribution >= 0.6 is 0 Å². The summed E-state index contributed by atoms with van der Waals surface area (Å²) >= 11 is 0. The van der Waals surface area contributed by atoms with Crippen LogP contribution in [-0.4, -0.2) is 23.9 Å². The second-order valence-corrected chi connectivity index (χ2v) is 7.10. The summed E-state index contributed by atoms with van der Waals surface area (Å²) < 4.78 is 0. The Labute approximate surface area is 176 Å². The van der Waals surface area contributed by atoms with Crippen LogP contribution in [-0.2, 0) is 11.2 Å². The zero-order valence-electron chi connectivity index (χ0n) is 16.7. The lowest BCUT2D eigenvalue weighted by atomic mass is 9.98. The molecule has 0 radical (unpaired) electrons. The van der Waals surface area contributed by atoms with Gasteiger partial charge in [0.15, 0.2) is 0 Å². The summed E-state index contributed by atoms with van der Waals surface area (Å²) in [5.74, 6) is -0.396. The Kier molecular flexibility index (Phi) is 7.11. The number of hydrogen-bond acceptors (Lipinski definition) is 4. The van der Waals surface area contributed by atoms with Crippen molar-refractivity contribution in [2.24, 2.45) is 5.73 Å². The minimum atomic E-state index is -0.653. The maximum Gasteiger partial charge on any atom is 0.252 e. The standard InChI is InChI=1S/C25H25N3O2/c26-23(19-11-5-2-6-12-19)16-24(27)21-13-7-8-14-22(21)25(30)28-20(17-29)15-18-9-3-1-4-10-18/h1,3-5,7-14,16-17,20,27H,2,6,15,26H2,(H,28,30)/b23-16-,27-24?. The molecule has 0 fully saturated rings. The van der Waals surface area contributed by atoms with Gasteiger partial charge in [0.05, 0.1) is 11.8 Å². The first kappa shape index (κ1) is 21.0. The summed E-state index contributed by atoms with van der Waals surface area (Å²) in [6, 6.07) is 15.7. The maximum atomic E-state index is 12.9. The van der Waals surface area contributed by atoms with Gasteiger partial charge < -0.3 is 21.3 Å². The molecule has 2 aromatic rings. The number of carbonyl (C=O) groups excluding carboxylic acids is 2. The minimum Gasteiger partial charge on any atom is -0.398 e. The smallest absolute Gasteiger partial charge is 0.252 e. The number of nitrogens with two attached hydrogens (primary N) is 1. The van der Waals surface area contributed by atoms with E-state index in [1.165, 1.54) is 0 Å². The summed E-state index contributed by atoms with van der Waals surface area (Å²) in [5, 5.41) is 11.2. The molecule has 1 unspecified atom stereocenters. The van der Waals surface area contributed by atoms with Gasteiger partial charge in [-0.2, -0.15) is 0 Å². The Morgan fingerprint density at radius 1 is 1.07 bits per heavy atom. The van der Waals surface area contributed by atoms with Gasteiger partial charge in [0, 0.05) is 16.8 Å². The first-order valence-electron chi connectivity index (χ1n) is 9.90. The van der Waals surface area contributed by atoms with E-state index in [1.807, 2.05) is 48.6 Å². The molecular weight excluding hydrogens is 374 g/mol. The Morgan fingerprint density at radius 3 is 2.43 bits per heavy atom. The molecular formula is C25H25N3O2. The maximum absolute atomic E-state index is 12.9. The molecule has 1 aliphatic rings. The molecule has 0 saturated carbocycles. The molecule has 1 atom stereocenters. The summed E-state index contributed by atoms with van der Waals surface area (Å²) in [6.45, 7) is 0. The molecule has 0 bridgehead atoms. The Hall–Kier alpha value is -3.73. The van der Waals surface area contributed by atoms with Crippen LogP contribution < -0.4 is 11.1 Å². The van der Waals surface area contributed by atoms with Crippen LogP contribution in [0.5, 0.6) is 0 Å². The zero-order valence-corrected chi connectivity index (χ0v) is 16.7. The van der Waals surface area contributed by atoms with Crippen LogP contribution in [0.25, 0.3) is 0 Å². The number of nitrogens with one attached hydrogen (secondary N) is 2. The van der Waals surface area contributed by atoms with E-state index in [2.05, 4.69) is 5.32 Å². The Bertz CT molecular complexity index is 1020. The molecule has 5 nitrogen and oxygen atoms in total. The van der Waals surface area contributed by atoms with Crippen LogP contribution in [0, 0.1) is 5.41 Å². The van der Waals surface area contributed by atoms with E-state index in [9.17, 15) is 9.59 Å². The van der Waals surface area contributed by atoms with Gasteiger partial charge >= 0.3 is 0 Å². The van der Waals surface area contributed by atoms with E-state index >= 15 is 0 Å². The van der Waals surface area contributed by atoms with Crippen molar-refractivity contribution >= 4 is 17.9 Å². The van der Waals surface area contributed by atoms with Gasteiger partial charge in [0.25, 0.3) is 5.91 Å². The SMILES string of the molecule is N=C(/C=C(\N)C1=CCCC=C1)c1ccccc1C(=O)NC(C=O)Cc1ccccc1. The number of rotatable bonds is 8. The van der Waals surface area contributed by atoms with Crippen molar-refractivity contribution in [2.75, 3.05) is 0 Å². The predicted molar refractivity (Wildman–Crippen MR) is 119 cm³/mol. The molecule has 0 aromatic heterocycles. The fourth-order valence-electron chi connectivity index (χ4n) is 3.31. The lowest BCUT2D eigenvalue weighted by Crippen LogP contribution is -2.38.